The van der Waals surface area contributed by atoms with Crippen molar-refractivity contribution < 1.29 is 14.6 Å². The first-order valence-electron chi connectivity index (χ1n) is 7.46. The third-order valence-electron chi connectivity index (χ3n) is 4.06. The normalized spacial score (nSPS) is 20.5. The lowest BCUT2D eigenvalue weighted by molar-refractivity contribution is -0.134. The van der Waals surface area contributed by atoms with E-state index in [0.29, 0.717) is 24.6 Å². The molecule has 1 saturated heterocycles. The molecule has 24 heavy (non-hydrogen) atoms. The molecule has 3 heterocycles. The zero-order valence-corrected chi connectivity index (χ0v) is 14.2. The van der Waals surface area contributed by atoms with Crippen LogP contribution in [0.1, 0.15) is 6.42 Å². The van der Waals surface area contributed by atoms with Gasteiger partial charge in [0.25, 0.3) is 0 Å². The van der Waals surface area contributed by atoms with Crippen LogP contribution in [0.25, 0.3) is 11.0 Å². The number of rotatable bonds is 3. The summed E-state index contributed by atoms with van der Waals surface area (Å²) < 4.78 is 6.13. The Balaban J connectivity index is 1.85. The highest BCUT2D eigenvalue weighted by Gasteiger charge is 2.41. The van der Waals surface area contributed by atoms with Gasteiger partial charge in [0.1, 0.15) is 18.5 Å². The number of carbonyl (C=O) groups excluding carboxylic acids is 1. The van der Waals surface area contributed by atoms with Crippen molar-refractivity contribution in [3.63, 3.8) is 0 Å². The fourth-order valence-electron chi connectivity index (χ4n) is 3.02. The SMILES string of the molecule is O=C1CC(OCO)N(c2ccc3nccnc3c2Br)C2=NCCN12. The minimum atomic E-state index is -0.624. The van der Waals surface area contributed by atoms with Crippen molar-refractivity contribution in [2.24, 2.45) is 4.99 Å². The van der Waals surface area contributed by atoms with Crippen molar-refractivity contribution in [1.82, 2.24) is 14.9 Å². The molecule has 0 bridgehead atoms. The molecular formula is C15H14BrN5O3. The summed E-state index contributed by atoms with van der Waals surface area (Å²) in [4.78, 5) is 28.8. The molecule has 1 aromatic carbocycles. The summed E-state index contributed by atoms with van der Waals surface area (Å²) in [6.45, 7) is 0.628. The van der Waals surface area contributed by atoms with Crippen molar-refractivity contribution in [2.75, 3.05) is 24.8 Å². The number of benzene rings is 1. The number of aliphatic hydroxyl groups is 1. The second-order valence-corrected chi connectivity index (χ2v) is 6.17. The quantitative estimate of drug-likeness (QED) is 0.787. The molecule has 1 aromatic heterocycles. The molecule has 2 aliphatic rings. The molecule has 0 spiro atoms. The summed E-state index contributed by atoms with van der Waals surface area (Å²) in [5, 5.41) is 9.20. The number of halogens is 1. The van der Waals surface area contributed by atoms with Crippen molar-refractivity contribution in [3.05, 3.63) is 29.0 Å². The highest BCUT2D eigenvalue weighted by molar-refractivity contribution is 9.10. The van der Waals surface area contributed by atoms with Crippen LogP contribution in [0, 0.1) is 0 Å². The monoisotopic (exact) mass is 391 g/mol. The van der Waals surface area contributed by atoms with Crippen molar-refractivity contribution in [3.8, 4) is 0 Å². The molecule has 0 aliphatic carbocycles. The number of guanidine groups is 1. The van der Waals surface area contributed by atoms with E-state index in [-0.39, 0.29) is 12.3 Å². The number of nitrogens with zero attached hydrogens (tertiary/aromatic N) is 5. The molecule has 9 heteroatoms. The maximum atomic E-state index is 12.3. The van der Waals surface area contributed by atoms with Crippen molar-refractivity contribution in [1.29, 1.82) is 0 Å². The third kappa shape index (κ3) is 2.36. The van der Waals surface area contributed by atoms with E-state index in [4.69, 9.17) is 4.74 Å². The number of anilines is 1. The Hall–Kier alpha value is -2.10. The molecule has 4 rings (SSSR count). The zero-order chi connectivity index (χ0) is 16.7. The van der Waals surface area contributed by atoms with Gasteiger partial charge in [-0.3, -0.25) is 29.6 Å². The first kappa shape index (κ1) is 15.4. The van der Waals surface area contributed by atoms with Crippen LogP contribution in [0.3, 0.4) is 0 Å². The van der Waals surface area contributed by atoms with Crippen LogP contribution in [0.5, 0.6) is 0 Å². The fourth-order valence-corrected chi connectivity index (χ4v) is 3.65. The average molecular weight is 392 g/mol. The molecule has 1 fully saturated rings. The standard InChI is InChI=1S/C15H14BrN5O3/c16-13-10(2-1-9-14(13)18-4-3-17-9)21-12(24-8-22)7-11(23)20-6-5-19-15(20)21/h1-4,12,22H,5-8H2. The van der Waals surface area contributed by atoms with Crippen LogP contribution in [0.2, 0.25) is 0 Å². The first-order valence-corrected chi connectivity index (χ1v) is 8.25. The van der Waals surface area contributed by atoms with E-state index >= 15 is 0 Å². The highest BCUT2D eigenvalue weighted by Crippen LogP contribution is 2.36. The lowest BCUT2D eigenvalue weighted by Crippen LogP contribution is -2.57. The van der Waals surface area contributed by atoms with Gasteiger partial charge in [-0.25, -0.2) is 0 Å². The largest absolute Gasteiger partial charge is 0.371 e. The Kier molecular flexibility index (Phi) is 3.91. The van der Waals surface area contributed by atoms with E-state index < -0.39 is 13.0 Å². The molecule has 1 atom stereocenters. The number of hydrogen-bond acceptors (Lipinski definition) is 7. The molecule has 1 unspecified atom stereocenters. The Morgan fingerprint density at radius 2 is 2.17 bits per heavy atom. The van der Waals surface area contributed by atoms with Gasteiger partial charge in [0.2, 0.25) is 11.9 Å². The molecule has 2 aromatic rings. The van der Waals surface area contributed by atoms with Gasteiger partial charge < -0.3 is 9.84 Å². The number of aromatic nitrogens is 2. The molecule has 2 aliphatic heterocycles. The number of hydrogen-bond donors (Lipinski definition) is 1. The van der Waals surface area contributed by atoms with Gasteiger partial charge >= 0.3 is 0 Å². The lowest BCUT2D eigenvalue weighted by Gasteiger charge is -2.40. The average Bonchev–Trinajstić information content (AvgIpc) is 3.07. The zero-order valence-electron chi connectivity index (χ0n) is 12.6. The minimum Gasteiger partial charge on any atom is -0.371 e. The van der Waals surface area contributed by atoms with Gasteiger partial charge in [-0.05, 0) is 28.1 Å². The van der Waals surface area contributed by atoms with Crippen LogP contribution in [0.15, 0.2) is 34.0 Å². The summed E-state index contributed by atoms with van der Waals surface area (Å²) in [6.07, 6.45) is 2.78. The molecule has 1 amide bonds. The predicted molar refractivity (Wildman–Crippen MR) is 90.3 cm³/mol. The number of aliphatic imine (C=N–C) groups is 1. The first-order chi connectivity index (χ1) is 11.7. The highest BCUT2D eigenvalue weighted by atomic mass is 79.9. The van der Waals surface area contributed by atoms with E-state index in [0.717, 1.165) is 15.7 Å². The topological polar surface area (TPSA) is 91.2 Å². The van der Waals surface area contributed by atoms with E-state index in [9.17, 15) is 9.90 Å². The van der Waals surface area contributed by atoms with Gasteiger partial charge in [0, 0.05) is 18.9 Å². The number of carbonyl (C=O) groups is 1. The second-order valence-electron chi connectivity index (χ2n) is 5.37. The van der Waals surface area contributed by atoms with E-state index in [1.807, 2.05) is 17.0 Å². The predicted octanol–water partition coefficient (Wildman–Crippen LogP) is 1.09. The number of aliphatic hydroxyl groups excluding tert-OH is 1. The van der Waals surface area contributed by atoms with Crippen LogP contribution in [0.4, 0.5) is 5.69 Å². The van der Waals surface area contributed by atoms with Crippen LogP contribution >= 0.6 is 15.9 Å². The Morgan fingerprint density at radius 3 is 3.00 bits per heavy atom. The fraction of sp³-hybridized carbons (Fsp3) is 0.333. The summed E-state index contributed by atoms with van der Waals surface area (Å²) in [7, 11) is 0. The summed E-state index contributed by atoms with van der Waals surface area (Å²) in [5.74, 6) is 0.478. The Morgan fingerprint density at radius 1 is 1.33 bits per heavy atom. The van der Waals surface area contributed by atoms with E-state index in [1.54, 1.807) is 17.3 Å². The van der Waals surface area contributed by atoms with Gasteiger partial charge in [-0.15, -0.1) is 0 Å². The summed E-state index contributed by atoms with van der Waals surface area (Å²) in [6, 6.07) is 3.73. The van der Waals surface area contributed by atoms with E-state index in [2.05, 4.69) is 30.9 Å². The number of amides is 1. The van der Waals surface area contributed by atoms with Gasteiger partial charge in [-0.2, -0.15) is 0 Å². The molecule has 0 saturated carbocycles. The summed E-state index contributed by atoms with van der Waals surface area (Å²) >= 11 is 3.59. The van der Waals surface area contributed by atoms with Crippen molar-refractivity contribution >= 4 is 44.5 Å². The van der Waals surface area contributed by atoms with Crippen LogP contribution < -0.4 is 4.90 Å². The van der Waals surface area contributed by atoms with Crippen LogP contribution in [-0.4, -0.2) is 58.0 Å². The maximum absolute atomic E-state index is 12.3. The third-order valence-corrected chi connectivity index (χ3v) is 4.84. The molecule has 8 nitrogen and oxygen atoms in total. The number of fused-ring (bicyclic) bond motifs is 2. The molecule has 1 N–H and O–H groups in total. The smallest absolute Gasteiger partial charge is 0.233 e. The van der Waals surface area contributed by atoms with Crippen molar-refractivity contribution in [2.45, 2.75) is 12.6 Å². The molecular weight excluding hydrogens is 378 g/mol. The summed E-state index contributed by atoms with van der Waals surface area (Å²) in [5.41, 5.74) is 2.23. The molecule has 124 valence electrons. The van der Waals surface area contributed by atoms with E-state index in [1.165, 1.54) is 0 Å². The van der Waals surface area contributed by atoms with Gasteiger partial charge in [0.15, 0.2) is 0 Å². The van der Waals surface area contributed by atoms with Gasteiger partial charge in [0.05, 0.1) is 28.6 Å². The minimum absolute atomic E-state index is 0.0577. The van der Waals surface area contributed by atoms with Gasteiger partial charge in [-0.1, -0.05) is 0 Å². The lowest BCUT2D eigenvalue weighted by atomic mass is 10.2. The second kappa shape index (κ2) is 6.08. The number of ether oxygens (including phenoxy) is 1. The maximum Gasteiger partial charge on any atom is 0.233 e. The molecule has 0 radical (unpaired) electrons. The van der Waals surface area contributed by atoms with Crippen LogP contribution in [-0.2, 0) is 9.53 Å². The Labute approximate surface area is 145 Å². The Bertz CT molecular complexity index is 843.